The van der Waals surface area contributed by atoms with Crippen LogP contribution in [0.25, 0.3) is 0 Å². The van der Waals surface area contributed by atoms with Crippen LogP contribution in [0.2, 0.25) is 0 Å². The molecule has 1 aromatic rings. The Bertz CT molecular complexity index is 706. The SMILES string of the molecule is [O]CCCCc1c(C(Cl)(Cl)C(Cl)(Cl)C(Cl)(Cl)Cl)cccc1C(Cl)(Cl)C(Cl)(Cl)C(Cl)(Cl)Cl. The van der Waals surface area contributed by atoms with E-state index in [9.17, 15) is 5.11 Å². The fourth-order valence-electron chi connectivity index (χ4n) is 2.54. The molecule has 0 N–H and O–H groups in total. The second-order valence-electron chi connectivity index (χ2n) is 6.29. The molecule has 1 aromatic carbocycles. The highest BCUT2D eigenvalue weighted by Crippen LogP contribution is 2.64. The predicted octanol–water partition coefficient (Wildman–Crippen LogP) is 10.8. The lowest BCUT2D eigenvalue weighted by Crippen LogP contribution is -2.47. The molecule has 1 rings (SSSR count). The van der Waals surface area contributed by atoms with Crippen molar-refractivity contribution >= 4 is 162 Å². The minimum Gasteiger partial charge on any atom is -0.237 e. The maximum atomic E-state index is 11.0. The Morgan fingerprint density at radius 3 is 1.23 bits per heavy atom. The molecular formula is C16H11Cl14O. The Morgan fingerprint density at radius 1 is 0.581 bits per heavy atom. The lowest BCUT2D eigenvalue weighted by Gasteiger charge is -2.42. The zero-order valence-corrected chi connectivity index (χ0v) is 25.3. The van der Waals surface area contributed by atoms with Crippen LogP contribution in [-0.2, 0) is 20.2 Å². The largest absolute Gasteiger partial charge is 0.237 e. The van der Waals surface area contributed by atoms with Crippen molar-refractivity contribution in [2.24, 2.45) is 0 Å². The highest BCUT2D eigenvalue weighted by molar-refractivity contribution is 6.79. The van der Waals surface area contributed by atoms with Gasteiger partial charge in [0.05, 0.1) is 6.61 Å². The molecule has 0 atom stereocenters. The van der Waals surface area contributed by atoms with Crippen molar-refractivity contribution in [2.75, 3.05) is 6.61 Å². The normalized spacial score (nSPS) is 14.8. The Labute approximate surface area is 250 Å². The van der Waals surface area contributed by atoms with E-state index in [-0.39, 0.29) is 36.1 Å². The summed E-state index contributed by atoms with van der Waals surface area (Å²) in [5.74, 6) is 0. The van der Waals surface area contributed by atoms with Crippen LogP contribution in [0.4, 0.5) is 0 Å². The van der Waals surface area contributed by atoms with Crippen molar-refractivity contribution in [3.05, 3.63) is 34.9 Å². The van der Waals surface area contributed by atoms with Gasteiger partial charge in [-0.05, 0) is 36.0 Å². The van der Waals surface area contributed by atoms with E-state index in [1.165, 1.54) is 18.2 Å². The van der Waals surface area contributed by atoms with Crippen LogP contribution < -0.4 is 0 Å². The van der Waals surface area contributed by atoms with Gasteiger partial charge in [-0.15, -0.1) is 0 Å². The first-order valence-electron chi connectivity index (χ1n) is 8.03. The smallest absolute Gasteiger partial charge is 0.226 e. The summed E-state index contributed by atoms with van der Waals surface area (Å²) in [6, 6.07) is 4.36. The lowest BCUT2D eigenvalue weighted by atomic mass is 9.90. The van der Waals surface area contributed by atoms with Crippen LogP contribution in [0.15, 0.2) is 18.2 Å². The Balaban J connectivity index is 3.86. The monoisotopic (exact) mass is 709 g/mol. The molecule has 0 unspecified atom stereocenters. The van der Waals surface area contributed by atoms with E-state index in [1.54, 1.807) is 0 Å². The van der Waals surface area contributed by atoms with Gasteiger partial charge in [0.25, 0.3) is 0 Å². The van der Waals surface area contributed by atoms with Gasteiger partial charge < -0.3 is 0 Å². The van der Waals surface area contributed by atoms with Gasteiger partial charge in [0.15, 0.2) is 8.67 Å². The zero-order chi connectivity index (χ0) is 24.7. The zero-order valence-electron chi connectivity index (χ0n) is 14.8. The number of rotatable bonds is 8. The van der Waals surface area contributed by atoms with E-state index >= 15 is 0 Å². The Hall–Kier alpha value is 3.24. The molecule has 0 aliphatic heterocycles. The second-order valence-corrected chi connectivity index (χ2v) is 16.2. The standard InChI is InChI=1S/C16H11Cl14O/c17-11(18,13(21,22)15(25,26)27)9-5-3-6-10(8(9)4-1-2-7-31)12(19,20)14(23,24)16(28,29)30/h3,5-6H,1-2,4,7H2. The summed E-state index contributed by atoms with van der Waals surface area (Å²) in [6.45, 7) is -0.344. The van der Waals surface area contributed by atoms with Crippen LogP contribution in [0.1, 0.15) is 29.5 Å². The van der Waals surface area contributed by atoms with Gasteiger partial charge >= 0.3 is 0 Å². The number of hydrogen-bond acceptors (Lipinski definition) is 0. The summed E-state index contributed by atoms with van der Waals surface area (Å²) in [4.78, 5) is 0. The van der Waals surface area contributed by atoms with Crippen LogP contribution in [0.5, 0.6) is 0 Å². The van der Waals surface area contributed by atoms with Crippen LogP contribution >= 0.6 is 162 Å². The Kier molecular flexibility index (Phi) is 11.8. The molecule has 0 aromatic heterocycles. The van der Waals surface area contributed by atoms with Crippen molar-refractivity contribution in [1.82, 2.24) is 0 Å². The lowest BCUT2D eigenvalue weighted by molar-refractivity contribution is 0.187. The third kappa shape index (κ3) is 6.58. The highest BCUT2D eigenvalue weighted by Gasteiger charge is 2.63. The first kappa shape index (κ1) is 32.3. The van der Waals surface area contributed by atoms with Crippen molar-refractivity contribution in [3.63, 3.8) is 0 Å². The quantitative estimate of drug-likeness (QED) is 0.189. The van der Waals surface area contributed by atoms with Crippen molar-refractivity contribution in [2.45, 2.75) is 44.2 Å². The van der Waals surface area contributed by atoms with E-state index in [0.29, 0.717) is 6.42 Å². The maximum Gasteiger partial charge on any atom is 0.226 e. The molecule has 31 heavy (non-hydrogen) atoms. The predicted molar refractivity (Wildman–Crippen MR) is 141 cm³/mol. The molecule has 179 valence electrons. The summed E-state index contributed by atoms with van der Waals surface area (Å²) in [6.07, 6.45) is 0.805. The van der Waals surface area contributed by atoms with Crippen molar-refractivity contribution < 1.29 is 5.11 Å². The van der Waals surface area contributed by atoms with E-state index in [1.807, 2.05) is 0 Å². The maximum absolute atomic E-state index is 11.0. The van der Waals surface area contributed by atoms with Gasteiger partial charge in [0, 0.05) is 0 Å². The second kappa shape index (κ2) is 11.3. The summed E-state index contributed by atoms with van der Waals surface area (Å²) in [5.41, 5.74) is 0.398. The van der Waals surface area contributed by atoms with Gasteiger partial charge in [0.1, 0.15) is 0 Å². The fraction of sp³-hybridized carbons (Fsp3) is 0.625. The molecule has 0 fully saturated rings. The van der Waals surface area contributed by atoms with Crippen LogP contribution in [0.3, 0.4) is 0 Å². The molecule has 0 spiro atoms. The van der Waals surface area contributed by atoms with E-state index < -0.39 is 24.9 Å². The molecule has 15 heteroatoms. The van der Waals surface area contributed by atoms with Crippen molar-refractivity contribution in [1.29, 1.82) is 0 Å². The molecule has 0 amide bonds. The van der Waals surface area contributed by atoms with Crippen LogP contribution in [0, 0.1) is 0 Å². The molecule has 0 saturated heterocycles. The minimum atomic E-state index is -2.37. The summed E-state index contributed by atoms with van der Waals surface area (Å²) >= 11 is 86.7. The first-order valence-corrected chi connectivity index (χ1v) is 13.3. The van der Waals surface area contributed by atoms with E-state index in [2.05, 4.69) is 0 Å². The average molecular weight is 716 g/mol. The average Bonchev–Trinajstić information content (AvgIpc) is 2.59. The molecule has 0 bridgehead atoms. The molecule has 0 aliphatic rings. The molecule has 0 heterocycles. The summed E-state index contributed by atoms with van der Waals surface area (Å²) < 4.78 is -13.8. The summed E-state index contributed by atoms with van der Waals surface area (Å²) in [7, 11) is 0. The van der Waals surface area contributed by atoms with Gasteiger partial charge in [0.2, 0.25) is 16.3 Å². The minimum absolute atomic E-state index is 0.0645. The molecule has 0 aliphatic carbocycles. The van der Waals surface area contributed by atoms with Gasteiger partial charge in [-0.2, -0.15) is 0 Å². The number of hydrogen-bond donors (Lipinski definition) is 0. The van der Waals surface area contributed by atoms with Gasteiger partial charge in [-0.1, -0.05) is 181 Å². The molecule has 0 saturated carbocycles. The van der Waals surface area contributed by atoms with E-state index in [4.69, 9.17) is 162 Å². The number of unbranched alkanes of at least 4 members (excludes halogenated alkanes) is 1. The van der Waals surface area contributed by atoms with Gasteiger partial charge in [-0.3, -0.25) is 0 Å². The third-order valence-corrected chi connectivity index (χ3v) is 12.0. The Morgan fingerprint density at radius 2 is 0.935 bits per heavy atom. The molecule has 1 nitrogen and oxygen atoms in total. The first-order chi connectivity index (χ1) is 13.7. The van der Waals surface area contributed by atoms with Crippen molar-refractivity contribution in [3.8, 4) is 0 Å². The van der Waals surface area contributed by atoms with Crippen LogP contribution in [-0.4, -0.2) is 22.9 Å². The third-order valence-electron chi connectivity index (χ3n) is 4.17. The molecular weight excluding hydrogens is 705 g/mol. The van der Waals surface area contributed by atoms with Gasteiger partial charge in [-0.25, -0.2) is 5.11 Å². The van der Waals surface area contributed by atoms with E-state index in [0.717, 1.165) is 0 Å². The number of halogens is 14. The summed E-state index contributed by atoms with van der Waals surface area (Å²) in [5, 5.41) is 11.0. The number of alkyl halides is 14. The topological polar surface area (TPSA) is 19.9 Å². The fourth-order valence-corrected chi connectivity index (χ4v) is 5.66. The number of benzene rings is 1. The highest BCUT2D eigenvalue weighted by atomic mass is 35.6. The molecule has 1 radical (unpaired) electrons.